The molecule has 148 valence electrons. The van der Waals surface area contributed by atoms with Gasteiger partial charge in [-0.3, -0.25) is 10.1 Å². The zero-order chi connectivity index (χ0) is 20.4. The Morgan fingerprint density at radius 3 is 2.62 bits per heavy atom. The van der Waals surface area contributed by atoms with Gasteiger partial charge in [0, 0.05) is 28.8 Å². The van der Waals surface area contributed by atoms with E-state index in [1.165, 1.54) is 12.1 Å². The molecule has 1 aliphatic heterocycles. The van der Waals surface area contributed by atoms with E-state index in [2.05, 4.69) is 0 Å². The molecule has 0 unspecified atom stereocenters. The maximum absolute atomic E-state index is 14.0. The first-order chi connectivity index (χ1) is 14.0. The Kier molecular flexibility index (Phi) is 5.09. The van der Waals surface area contributed by atoms with Crippen LogP contribution in [-0.2, 0) is 18.0 Å². The minimum absolute atomic E-state index is 0.125. The molecular weight excluding hydrogens is 384 g/mol. The molecule has 0 saturated carbocycles. The number of hydrogen-bond acceptors (Lipinski definition) is 5. The molecule has 3 aromatic rings. The van der Waals surface area contributed by atoms with E-state index in [1.807, 2.05) is 30.3 Å². The van der Waals surface area contributed by atoms with Crippen LogP contribution in [0.25, 0.3) is 0 Å². The van der Waals surface area contributed by atoms with Crippen LogP contribution in [0.15, 0.2) is 60.7 Å². The number of ether oxygens (including phenoxy) is 3. The van der Waals surface area contributed by atoms with E-state index in [9.17, 15) is 18.9 Å². The van der Waals surface area contributed by atoms with Crippen molar-refractivity contribution in [3.8, 4) is 11.5 Å². The van der Waals surface area contributed by atoms with Gasteiger partial charge < -0.3 is 14.2 Å². The average molecular weight is 399 g/mol. The fraction of sp³-hybridized carbons (Fsp3) is 0.143. The van der Waals surface area contributed by atoms with Crippen molar-refractivity contribution in [2.45, 2.75) is 19.5 Å². The molecule has 1 aliphatic rings. The number of benzene rings is 3. The summed E-state index contributed by atoms with van der Waals surface area (Å²) in [7, 11) is 0. The summed E-state index contributed by atoms with van der Waals surface area (Å²) in [6.07, 6.45) is -0.684. The Morgan fingerprint density at radius 2 is 1.86 bits per heavy atom. The van der Waals surface area contributed by atoms with Crippen LogP contribution < -0.4 is 9.47 Å². The Hall–Kier alpha value is -3.52. The minimum Gasteiger partial charge on any atom is -0.482 e. The lowest BCUT2D eigenvalue weighted by molar-refractivity contribution is -0.386. The lowest BCUT2D eigenvalue weighted by Crippen LogP contribution is -2.19. The highest BCUT2D eigenvalue weighted by molar-refractivity contribution is 5.47. The summed E-state index contributed by atoms with van der Waals surface area (Å²) in [4.78, 5) is 10.5. The molecule has 3 aromatic carbocycles. The third-order valence-electron chi connectivity index (χ3n) is 4.40. The van der Waals surface area contributed by atoms with Gasteiger partial charge in [-0.05, 0) is 18.2 Å². The van der Waals surface area contributed by atoms with Crippen LogP contribution in [0.5, 0.6) is 11.5 Å². The van der Waals surface area contributed by atoms with Crippen molar-refractivity contribution in [3.05, 3.63) is 99.1 Å². The first kappa shape index (κ1) is 18.8. The molecule has 4 rings (SSSR count). The summed E-state index contributed by atoms with van der Waals surface area (Å²) in [6.45, 7) is -0.119. The molecule has 0 amide bonds. The molecule has 6 nitrogen and oxygen atoms in total. The van der Waals surface area contributed by atoms with Gasteiger partial charge in [-0.15, -0.1) is 0 Å². The Labute approximate surface area is 164 Å². The minimum atomic E-state index is -0.684. The monoisotopic (exact) mass is 399 g/mol. The molecular formula is C21H15F2NO5. The third-order valence-corrected chi connectivity index (χ3v) is 4.40. The first-order valence-electron chi connectivity index (χ1n) is 8.72. The molecule has 0 spiro atoms. The SMILES string of the molecule is O=[N+]([O-])c1ccc(F)cc1OCc1cc(F)cc2c1O[C@@H](c1ccccc1)OC2. The largest absolute Gasteiger partial charge is 0.482 e. The Bertz CT molecular complexity index is 1060. The average Bonchev–Trinajstić information content (AvgIpc) is 2.72. The van der Waals surface area contributed by atoms with Crippen molar-refractivity contribution < 1.29 is 27.9 Å². The molecule has 0 aliphatic carbocycles. The third kappa shape index (κ3) is 4.02. The van der Waals surface area contributed by atoms with Crippen molar-refractivity contribution in [1.82, 2.24) is 0 Å². The number of rotatable bonds is 5. The van der Waals surface area contributed by atoms with Crippen LogP contribution in [-0.4, -0.2) is 4.92 Å². The lowest BCUT2D eigenvalue weighted by Gasteiger charge is -2.28. The summed E-state index contributed by atoms with van der Waals surface area (Å²) in [6, 6.07) is 14.6. The number of nitro groups is 1. The predicted molar refractivity (Wildman–Crippen MR) is 98.4 cm³/mol. The predicted octanol–water partition coefficient (Wildman–Crippen LogP) is 5.06. The van der Waals surface area contributed by atoms with Gasteiger partial charge in [-0.2, -0.15) is 0 Å². The van der Waals surface area contributed by atoms with Gasteiger partial charge in [0.05, 0.1) is 11.5 Å². The molecule has 0 radical (unpaired) electrons. The highest BCUT2D eigenvalue weighted by Gasteiger charge is 2.26. The molecule has 0 N–H and O–H groups in total. The Balaban J connectivity index is 1.62. The second-order valence-corrected chi connectivity index (χ2v) is 6.38. The van der Waals surface area contributed by atoms with Crippen molar-refractivity contribution in [1.29, 1.82) is 0 Å². The zero-order valence-electron chi connectivity index (χ0n) is 15.0. The number of fused-ring (bicyclic) bond motifs is 1. The quantitative estimate of drug-likeness (QED) is 0.443. The van der Waals surface area contributed by atoms with Crippen molar-refractivity contribution in [3.63, 3.8) is 0 Å². The molecule has 1 heterocycles. The van der Waals surface area contributed by atoms with E-state index in [0.717, 1.165) is 23.8 Å². The van der Waals surface area contributed by atoms with E-state index in [0.29, 0.717) is 16.9 Å². The fourth-order valence-electron chi connectivity index (χ4n) is 3.07. The van der Waals surface area contributed by atoms with Gasteiger partial charge in [0.2, 0.25) is 6.29 Å². The molecule has 0 fully saturated rings. The number of nitrogens with zero attached hydrogens (tertiary/aromatic N) is 1. The fourth-order valence-corrected chi connectivity index (χ4v) is 3.07. The summed E-state index contributed by atoms with van der Waals surface area (Å²) >= 11 is 0. The van der Waals surface area contributed by atoms with Gasteiger partial charge in [-0.25, -0.2) is 8.78 Å². The molecule has 1 atom stereocenters. The van der Waals surface area contributed by atoms with Crippen LogP contribution in [0.3, 0.4) is 0 Å². The summed E-state index contributed by atoms with van der Waals surface area (Å²) in [5, 5.41) is 11.1. The van der Waals surface area contributed by atoms with Crippen LogP contribution in [0, 0.1) is 21.7 Å². The van der Waals surface area contributed by atoms with Crippen LogP contribution in [0.1, 0.15) is 23.0 Å². The summed E-state index contributed by atoms with van der Waals surface area (Å²) in [5.41, 5.74) is 1.23. The van der Waals surface area contributed by atoms with Crippen LogP contribution in [0.2, 0.25) is 0 Å². The van der Waals surface area contributed by atoms with E-state index in [4.69, 9.17) is 14.2 Å². The summed E-state index contributed by atoms with van der Waals surface area (Å²) in [5.74, 6) is -1.08. The van der Waals surface area contributed by atoms with E-state index in [-0.39, 0.29) is 24.7 Å². The van der Waals surface area contributed by atoms with Gasteiger partial charge in [-0.1, -0.05) is 30.3 Å². The van der Waals surface area contributed by atoms with Gasteiger partial charge >= 0.3 is 5.69 Å². The molecule has 29 heavy (non-hydrogen) atoms. The second kappa shape index (κ2) is 7.84. The maximum atomic E-state index is 14.0. The number of hydrogen-bond donors (Lipinski definition) is 0. The van der Waals surface area contributed by atoms with Crippen molar-refractivity contribution >= 4 is 5.69 Å². The van der Waals surface area contributed by atoms with E-state index in [1.54, 1.807) is 0 Å². The highest BCUT2D eigenvalue weighted by atomic mass is 19.1. The lowest BCUT2D eigenvalue weighted by atomic mass is 10.1. The first-order valence-corrected chi connectivity index (χ1v) is 8.72. The van der Waals surface area contributed by atoms with Crippen molar-refractivity contribution in [2.75, 3.05) is 0 Å². The van der Waals surface area contributed by atoms with Crippen LogP contribution >= 0.6 is 0 Å². The normalized spacial score (nSPS) is 15.3. The zero-order valence-corrected chi connectivity index (χ0v) is 15.0. The number of halogens is 2. The van der Waals surface area contributed by atoms with Crippen LogP contribution in [0.4, 0.5) is 14.5 Å². The highest BCUT2D eigenvalue weighted by Crippen LogP contribution is 2.37. The smallest absolute Gasteiger partial charge is 0.311 e. The number of nitro benzene ring substituents is 1. The molecule has 0 saturated heterocycles. The molecule has 0 bridgehead atoms. The maximum Gasteiger partial charge on any atom is 0.311 e. The summed E-state index contributed by atoms with van der Waals surface area (Å²) < 4.78 is 44.6. The van der Waals surface area contributed by atoms with Crippen molar-refractivity contribution in [2.24, 2.45) is 0 Å². The standard InChI is InChI=1S/C21H15F2NO5/c22-16-6-7-18(24(25)26)19(10-16)27-11-14-8-17(23)9-15-12-28-21(29-20(14)15)13-4-2-1-3-5-13/h1-10,21H,11-12H2/t21-/m0/s1. The second-order valence-electron chi connectivity index (χ2n) is 6.38. The van der Waals surface area contributed by atoms with Gasteiger partial charge in [0.15, 0.2) is 5.75 Å². The van der Waals surface area contributed by atoms with Gasteiger partial charge in [0.25, 0.3) is 0 Å². The van der Waals surface area contributed by atoms with E-state index >= 15 is 0 Å². The topological polar surface area (TPSA) is 70.8 Å². The van der Waals surface area contributed by atoms with E-state index < -0.39 is 22.8 Å². The Morgan fingerprint density at radius 1 is 1.07 bits per heavy atom. The van der Waals surface area contributed by atoms with Gasteiger partial charge in [0.1, 0.15) is 24.0 Å². The molecule has 0 aromatic heterocycles. The molecule has 8 heteroatoms.